The highest BCUT2D eigenvalue weighted by molar-refractivity contribution is 5.69. The monoisotopic (exact) mass is 185 g/mol. The van der Waals surface area contributed by atoms with Gasteiger partial charge in [0.05, 0.1) is 5.92 Å². The van der Waals surface area contributed by atoms with Gasteiger partial charge in [-0.3, -0.25) is 9.69 Å². The second-order valence-electron chi connectivity index (χ2n) is 3.30. The molecule has 0 bridgehead atoms. The Morgan fingerprint density at radius 2 is 2.15 bits per heavy atom. The molecule has 0 radical (unpaired) electrons. The van der Waals surface area contributed by atoms with E-state index in [1.807, 2.05) is 19.9 Å². The van der Waals surface area contributed by atoms with Crippen molar-refractivity contribution >= 4 is 5.97 Å². The summed E-state index contributed by atoms with van der Waals surface area (Å²) in [5, 5.41) is 8.73. The van der Waals surface area contributed by atoms with Crippen LogP contribution in [0.1, 0.15) is 20.8 Å². The number of carbonyl (C=O) groups is 1. The van der Waals surface area contributed by atoms with Gasteiger partial charge in [-0.1, -0.05) is 19.9 Å². The zero-order valence-corrected chi connectivity index (χ0v) is 8.66. The maximum atomic E-state index is 10.6. The number of likely N-dealkylation sites (N-methyl/N-ethyl adjacent to an activating group) is 1. The number of rotatable bonds is 6. The molecule has 0 spiro atoms. The Morgan fingerprint density at radius 3 is 2.46 bits per heavy atom. The lowest BCUT2D eigenvalue weighted by Gasteiger charge is -2.26. The predicted octanol–water partition coefficient (Wildman–Crippen LogP) is 1.60. The summed E-state index contributed by atoms with van der Waals surface area (Å²) >= 11 is 0. The summed E-state index contributed by atoms with van der Waals surface area (Å²) in [5.41, 5.74) is 0. The quantitative estimate of drug-likeness (QED) is 0.639. The van der Waals surface area contributed by atoms with E-state index in [2.05, 4.69) is 11.5 Å². The highest BCUT2D eigenvalue weighted by Crippen LogP contribution is 2.05. The molecule has 0 rings (SSSR count). The van der Waals surface area contributed by atoms with Gasteiger partial charge in [0.2, 0.25) is 0 Å². The van der Waals surface area contributed by atoms with Gasteiger partial charge in [0.15, 0.2) is 0 Å². The van der Waals surface area contributed by atoms with Crippen molar-refractivity contribution in [1.29, 1.82) is 0 Å². The van der Waals surface area contributed by atoms with E-state index in [1.54, 1.807) is 6.92 Å². The topological polar surface area (TPSA) is 40.5 Å². The third-order valence-corrected chi connectivity index (χ3v) is 2.25. The Bertz CT molecular complexity index is 180. The zero-order chi connectivity index (χ0) is 10.4. The minimum Gasteiger partial charge on any atom is -0.481 e. The molecule has 0 aromatic heterocycles. The molecule has 0 amide bonds. The first-order chi connectivity index (χ1) is 6.02. The molecule has 76 valence electrons. The fourth-order valence-corrected chi connectivity index (χ4v) is 1.16. The first-order valence-electron chi connectivity index (χ1n) is 4.62. The van der Waals surface area contributed by atoms with Crippen molar-refractivity contribution in [3.63, 3.8) is 0 Å². The Hall–Kier alpha value is -0.830. The standard InChI is InChI=1S/C10H19NO2/c1-5-9(4)11(6-2)7-8(3)10(12)13/h5,8-9H,1,6-7H2,2-4H3,(H,12,13). The minimum absolute atomic E-state index is 0.242. The van der Waals surface area contributed by atoms with Gasteiger partial charge in [0.1, 0.15) is 0 Å². The molecule has 3 nitrogen and oxygen atoms in total. The van der Waals surface area contributed by atoms with Gasteiger partial charge in [-0.15, -0.1) is 6.58 Å². The fourth-order valence-electron chi connectivity index (χ4n) is 1.16. The molecule has 0 saturated heterocycles. The Balaban J connectivity index is 4.11. The summed E-state index contributed by atoms with van der Waals surface area (Å²) in [6.45, 7) is 10.9. The van der Waals surface area contributed by atoms with E-state index in [0.29, 0.717) is 6.54 Å². The maximum Gasteiger partial charge on any atom is 0.307 e. The van der Waals surface area contributed by atoms with E-state index in [1.165, 1.54) is 0 Å². The normalized spacial score (nSPS) is 15.4. The summed E-state index contributed by atoms with van der Waals surface area (Å²) in [5.74, 6) is -1.06. The summed E-state index contributed by atoms with van der Waals surface area (Å²) in [6.07, 6.45) is 1.83. The molecule has 3 heteroatoms. The maximum absolute atomic E-state index is 10.6. The largest absolute Gasteiger partial charge is 0.481 e. The third kappa shape index (κ3) is 4.08. The van der Waals surface area contributed by atoms with Crippen LogP contribution in [0.2, 0.25) is 0 Å². The van der Waals surface area contributed by atoms with Gasteiger partial charge < -0.3 is 5.11 Å². The van der Waals surface area contributed by atoms with Crippen molar-refractivity contribution in [3.05, 3.63) is 12.7 Å². The average molecular weight is 185 g/mol. The van der Waals surface area contributed by atoms with E-state index in [-0.39, 0.29) is 12.0 Å². The van der Waals surface area contributed by atoms with Crippen molar-refractivity contribution < 1.29 is 9.90 Å². The van der Waals surface area contributed by atoms with Crippen molar-refractivity contribution in [2.45, 2.75) is 26.8 Å². The number of nitrogens with zero attached hydrogens (tertiary/aromatic N) is 1. The highest BCUT2D eigenvalue weighted by Gasteiger charge is 2.17. The Morgan fingerprint density at radius 1 is 1.62 bits per heavy atom. The summed E-state index contributed by atoms with van der Waals surface area (Å²) in [4.78, 5) is 12.7. The van der Waals surface area contributed by atoms with Crippen LogP contribution in [0.25, 0.3) is 0 Å². The fraction of sp³-hybridized carbons (Fsp3) is 0.700. The van der Waals surface area contributed by atoms with Crippen molar-refractivity contribution in [2.24, 2.45) is 5.92 Å². The van der Waals surface area contributed by atoms with Crippen molar-refractivity contribution in [1.82, 2.24) is 4.90 Å². The second kappa shape index (κ2) is 5.75. The second-order valence-corrected chi connectivity index (χ2v) is 3.30. The molecular formula is C10H19NO2. The number of aliphatic carboxylic acids is 1. The zero-order valence-electron chi connectivity index (χ0n) is 8.66. The van der Waals surface area contributed by atoms with Crippen LogP contribution in [0, 0.1) is 5.92 Å². The molecule has 0 aliphatic carbocycles. The first kappa shape index (κ1) is 12.2. The molecule has 0 aromatic carbocycles. The van der Waals surface area contributed by atoms with Gasteiger partial charge in [-0.2, -0.15) is 0 Å². The highest BCUT2D eigenvalue weighted by atomic mass is 16.4. The van der Waals surface area contributed by atoms with Crippen molar-refractivity contribution in [2.75, 3.05) is 13.1 Å². The molecule has 0 fully saturated rings. The Labute approximate surface area is 80.0 Å². The van der Waals surface area contributed by atoms with Gasteiger partial charge in [-0.25, -0.2) is 0 Å². The smallest absolute Gasteiger partial charge is 0.307 e. The Kier molecular flexibility index (Phi) is 5.39. The summed E-state index contributed by atoms with van der Waals surface area (Å²) in [7, 11) is 0. The molecule has 13 heavy (non-hydrogen) atoms. The average Bonchev–Trinajstić information content (AvgIpc) is 2.12. The van der Waals surface area contributed by atoms with E-state index in [9.17, 15) is 4.79 Å². The van der Waals surface area contributed by atoms with E-state index >= 15 is 0 Å². The SMILES string of the molecule is C=CC(C)N(CC)CC(C)C(=O)O. The molecule has 0 heterocycles. The van der Waals surface area contributed by atoms with E-state index in [4.69, 9.17) is 5.11 Å². The number of hydrogen-bond acceptors (Lipinski definition) is 2. The van der Waals surface area contributed by atoms with Gasteiger partial charge in [0.25, 0.3) is 0 Å². The molecule has 0 aromatic rings. The molecular weight excluding hydrogens is 166 g/mol. The molecule has 1 N–H and O–H groups in total. The van der Waals surface area contributed by atoms with E-state index in [0.717, 1.165) is 6.54 Å². The number of carboxylic acid groups (broad SMARTS) is 1. The molecule has 0 aliphatic heterocycles. The summed E-state index contributed by atoms with van der Waals surface area (Å²) < 4.78 is 0. The first-order valence-corrected chi connectivity index (χ1v) is 4.62. The van der Waals surface area contributed by atoms with Crippen LogP contribution in [-0.2, 0) is 4.79 Å². The molecule has 0 saturated carbocycles. The van der Waals surface area contributed by atoms with Crippen LogP contribution >= 0.6 is 0 Å². The van der Waals surface area contributed by atoms with Crippen LogP contribution in [0.5, 0.6) is 0 Å². The lowest BCUT2D eigenvalue weighted by Crippen LogP contribution is -2.37. The van der Waals surface area contributed by atoms with Gasteiger partial charge in [0, 0.05) is 12.6 Å². The van der Waals surface area contributed by atoms with Crippen LogP contribution in [0.15, 0.2) is 12.7 Å². The molecule has 2 unspecified atom stereocenters. The predicted molar refractivity (Wildman–Crippen MR) is 53.7 cm³/mol. The lowest BCUT2D eigenvalue weighted by atomic mass is 10.1. The minimum atomic E-state index is -0.741. The van der Waals surface area contributed by atoms with Crippen LogP contribution in [0.4, 0.5) is 0 Å². The number of carboxylic acids is 1. The van der Waals surface area contributed by atoms with Crippen molar-refractivity contribution in [3.8, 4) is 0 Å². The van der Waals surface area contributed by atoms with Crippen LogP contribution < -0.4 is 0 Å². The molecule has 2 atom stereocenters. The van der Waals surface area contributed by atoms with Gasteiger partial charge >= 0.3 is 5.97 Å². The van der Waals surface area contributed by atoms with Gasteiger partial charge in [-0.05, 0) is 13.5 Å². The van der Waals surface area contributed by atoms with Crippen LogP contribution in [-0.4, -0.2) is 35.1 Å². The third-order valence-electron chi connectivity index (χ3n) is 2.25. The lowest BCUT2D eigenvalue weighted by molar-refractivity contribution is -0.141. The number of hydrogen-bond donors (Lipinski definition) is 1. The summed E-state index contributed by atoms with van der Waals surface area (Å²) in [6, 6.07) is 0.242. The molecule has 0 aliphatic rings. The van der Waals surface area contributed by atoms with E-state index < -0.39 is 5.97 Å². The van der Waals surface area contributed by atoms with Crippen LogP contribution in [0.3, 0.4) is 0 Å².